The van der Waals surface area contributed by atoms with E-state index >= 15 is 0 Å². The number of aromatic amines is 1. The maximum atomic E-state index is 10.00. The van der Waals surface area contributed by atoms with Crippen molar-refractivity contribution >= 4 is 23.1 Å². The van der Waals surface area contributed by atoms with Crippen molar-refractivity contribution < 1.29 is 5.11 Å². The highest BCUT2D eigenvalue weighted by molar-refractivity contribution is 5.73. The largest absolute Gasteiger partial charge is 0.394 e. The molecule has 0 radical (unpaired) electrons. The molecule has 3 aromatic rings. The normalized spacial score (nSPS) is 22.7. The van der Waals surface area contributed by atoms with Crippen molar-refractivity contribution in [1.29, 1.82) is 0 Å². The highest BCUT2D eigenvalue weighted by atomic mass is 16.3. The van der Waals surface area contributed by atoms with E-state index in [2.05, 4.69) is 26.7 Å². The number of fused-ring (bicyclic) bond motifs is 1. The molecule has 0 spiro atoms. The lowest BCUT2D eigenvalue weighted by Gasteiger charge is -2.36. The summed E-state index contributed by atoms with van der Waals surface area (Å²) in [7, 11) is 0. The Morgan fingerprint density at radius 3 is 3.00 bits per heavy atom. The predicted molar refractivity (Wildman–Crippen MR) is 107 cm³/mol. The van der Waals surface area contributed by atoms with Gasteiger partial charge in [0, 0.05) is 37.0 Å². The number of aromatic nitrogens is 5. The number of hydrogen-bond donors (Lipinski definition) is 4. The zero-order valence-corrected chi connectivity index (χ0v) is 15.8. The quantitative estimate of drug-likeness (QED) is 0.512. The van der Waals surface area contributed by atoms with Gasteiger partial charge in [-0.15, -0.1) is 5.10 Å². The Bertz CT molecular complexity index is 971. The molecule has 2 aliphatic rings. The Morgan fingerprint density at radius 2 is 2.25 bits per heavy atom. The van der Waals surface area contributed by atoms with Gasteiger partial charge in [-0.05, 0) is 37.8 Å². The van der Waals surface area contributed by atoms with Gasteiger partial charge in [0.1, 0.15) is 5.52 Å². The molecule has 2 fully saturated rings. The molecular weight excluding hydrogens is 356 g/mol. The summed E-state index contributed by atoms with van der Waals surface area (Å²) in [6.45, 7) is 1.13. The van der Waals surface area contributed by atoms with Gasteiger partial charge < -0.3 is 21.1 Å². The van der Waals surface area contributed by atoms with Crippen molar-refractivity contribution in [3.8, 4) is 0 Å². The van der Waals surface area contributed by atoms with Gasteiger partial charge in [-0.25, -0.2) is 4.52 Å². The van der Waals surface area contributed by atoms with Crippen LogP contribution in [0.3, 0.4) is 0 Å². The predicted octanol–water partition coefficient (Wildman–Crippen LogP) is 1.75. The second kappa shape index (κ2) is 6.75. The number of nitrogens with zero attached hydrogens (tertiary/aromatic N) is 5. The maximum Gasteiger partial charge on any atom is 0.246 e. The van der Waals surface area contributed by atoms with Crippen LogP contribution in [0.2, 0.25) is 0 Å². The molecule has 4 heterocycles. The lowest BCUT2D eigenvalue weighted by molar-refractivity contribution is 0.200. The van der Waals surface area contributed by atoms with Crippen molar-refractivity contribution in [3.05, 3.63) is 30.1 Å². The van der Waals surface area contributed by atoms with E-state index in [1.165, 1.54) is 25.0 Å². The lowest BCUT2D eigenvalue weighted by atomic mass is 9.83. The molecule has 5 rings (SSSR count). The smallest absolute Gasteiger partial charge is 0.246 e. The second-order valence-corrected chi connectivity index (χ2v) is 7.90. The van der Waals surface area contributed by atoms with Gasteiger partial charge >= 0.3 is 0 Å². The van der Waals surface area contributed by atoms with Crippen molar-refractivity contribution in [3.63, 3.8) is 0 Å². The van der Waals surface area contributed by atoms with Crippen LogP contribution in [0.1, 0.15) is 43.7 Å². The minimum absolute atomic E-state index is 0.0105. The molecule has 5 N–H and O–H groups in total. The fourth-order valence-corrected chi connectivity index (χ4v) is 4.27. The number of aliphatic hydroxyl groups excluding tert-OH is 1. The summed E-state index contributed by atoms with van der Waals surface area (Å²) in [6, 6.07) is 5.98. The number of hydrogen-bond acceptors (Lipinski definition) is 7. The van der Waals surface area contributed by atoms with Crippen molar-refractivity contribution in [2.45, 2.75) is 43.6 Å². The van der Waals surface area contributed by atoms with Gasteiger partial charge in [-0.2, -0.15) is 10.1 Å². The Hall–Kier alpha value is -2.65. The molecule has 0 amide bonds. The van der Waals surface area contributed by atoms with Crippen LogP contribution in [0, 0.1) is 0 Å². The second-order valence-electron chi connectivity index (χ2n) is 7.90. The molecule has 3 aromatic heterocycles. The summed E-state index contributed by atoms with van der Waals surface area (Å²) in [5.74, 6) is 2.61. The Kier molecular flexibility index (Phi) is 4.21. The van der Waals surface area contributed by atoms with E-state index in [1.807, 2.05) is 23.2 Å². The topological polar surface area (TPSA) is 120 Å². The van der Waals surface area contributed by atoms with E-state index < -0.39 is 5.54 Å². The van der Waals surface area contributed by atoms with Crippen LogP contribution in [-0.2, 0) is 0 Å². The molecule has 9 nitrogen and oxygen atoms in total. The summed E-state index contributed by atoms with van der Waals surface area (Å²) < 4.78 is 1.81. The molecule has 148 valence electrons. The van der Waals surface area contributed by atoms with Gasteiger partial charge in [0.25, 0.3) is 0 Å². The van der Waals surface area contributed by atoms with E-state index in [4.69, 9.17) is 10.7 Å². The minimum Gasteiger partial charge on any atom is -0.394 e. The molecule has 9 heteroatoms. The van der Waals surface area contributed by atoms with Crippen LogP contribution in [0.15, 0.2) is 24.4 Å². The molecule has 1 unspecified atom stereocenters. The molecule has 0 bridgehead atoms. The number of anilines is 3. The first-order chi connectivity index (χ1) is 13.7. The lowest BCUT2D eigenvalue weighted by Crippen LogP contribution is -2.53. The minimum atomic E-state index is -0.498. The average molecular weight is 382 g/mol. The third kappa shape index (κ3) is 2.73. The molecule has 1 atom stereocenters. The summed E-state index contributed by atoms with van der Waals surface area (Å²) in [4.78, 5) is 6.84. The zero-order chi connectivity index (χ0) is 19.1. The zero-order valence-electron chi connectivity index (χ0n) is 15.8. The monoisotopic (exact) mass is 382 g/mol. The van der Waals surface area contributed by atoms with E-state index in [1.54, 1.807) is 4.52 Å². The van der Waals surface area contributed by atoms with Crippen LogP contribution in [-0.4, -0.2) is 55.1 Å². The van der Waals surface area contributed by atoms with Gasteiger partial charge in [0.05, 0.1) is 12.1 Å². The Labute approximate surface area is 162 Å². The first-order valence-corrected chi connectivity index (χ1v) is 9.99. The maximum absolute atomic E-state index is 10.00. The fraction of sp³-hybridized carbons (Fsp3) is 0.526. The standard InChI is InChI=1S/C19H26N8O/c20-11-19(12-28)7-3-8-26(19)18-22-17(15-6-2-9-27(15)25-18)21-16-10-14(23-24-16)13-4-1-5-13/h2,6,9-10,13,28H,1,3-5,7-8,11-12,20H2,(H2,21,22,23,24,25). The Morgan fingerprint density at radius 1 is 1.36 bits per heavy atom. The highest BCUT2D eigenvalue weighted by Gasteiger charge is 2.41. The summed E-state index contributed by atoms with van der Waals surface area (Å²) in [5.41, 5.74) is 7.57. The number of H-pyrrole nitrogens is 1. The van der Waals surface area contributed by atoms with Crippen molar-refractivity contribution in [1.82, 2.24) is 24.8 Å². The van der Waals surface area contributed by atoms with Crippen LogP contribution in [0.5, 0.6) is 0 Å². The number of rotatable bonds is 6. The van der Waals surface area contributed by atoms with Gasteiger partial charge in [0.2, 0.25) is 5.95 Å². The number of nitrogens with one attached hydrogen (secondary N) is 2. The molecule has 1 aliphatic heterocycles. The van der Waals surface area contributed by atoms with Crippen molar-refractivity contribution in [2.75, 3.05) is 29.9 Å². The summed E-state index contributed by atoms with van der Waals surface area (Å²) in [6.07, 6.45) is 7.42. The summed E-state index contributed by atoms with van der Waals surface area (Å²) >= 11 is 0. The third-order valence-electron chi connectivity index (χ3n) is 6.28. The molecule has 1 saturated heterocycles. The molecular formula is C19H26N8O. The SMILES string of the molecule is NCC1(CO)CCCN1c1nc(Nc2cc(C3CCC3)[nH]n2)c2cccn2n1. The van der Waals surface area contributed by atoms with Gasteiger partial charge in [-0.1, -0.05) is 6.42 Å². The van der Waals surface area contributed by atoms with Crippen LogP contribution >= 0.6 is 0 Å². The van der Waals surface area contributed by atoms with E-state index in [9.17, 15) is 5.11 Å². The first-order valence-electron chi connectivity index (χ1n) is 9.99. The third-order valence-corrected chi connectivity index (χ3v) is 6.28. The van der Waals surface area contributed by atoms with Crippen LogP contribution in [0.25, 0.3) is 5.52 Å². The van der Waals surface area contributed by atoms with E-state index in [0.717, 1.165) is 30.7 Å². The molecule has 1 saturated carbocycles. The van der Waals surface area contributed by atoms with Gasteiger partial charge in [-0.3, -0.25) is 5.10 Å². The highest BCUT2D eigenvalue weighted by Crippen LogP contribution is 2.36. The molecule has 0 aromatic carbocycles. The van der Waals surface area contributed by atoms with Crippen LogP contribution < -0.4 is 16.0 Å². The Balaban J connectivity index is 1.50. The van der Waals surface area contributed by atoms with E-state index in [0.29, 0.717) is 24.2 Å². The first kappa shape index (κ1) is 17.4. The number of aliphatic hydroxyl groups is 1. The molecule has 28 heavy (non-hydrogen) atoms. The fourth-order valence-electron chi connectivity index (χ4n) is 4.27. The van der Waals surface area contributed by atoms with Crippen molar-refractivity contribution in [2.24, 2.45) is 5.73 Å². The average Bonchev–Trinajstić information content (AvgIpc) is 3.39. The van der Waals surface area contributed by atoms with Crippen LogP contribution in [0.4, 0.5) is 17.6 Å². The summed E-state index contributed by atoms with van der Waals surface area (Å²) in [5, 5.41) is 25.6. The number of nitrogens with two attached hydrogens (primary N) is 1. The van der Waals surface area contributed by atoms with Gasteiger partial charge in [0.15, 0.2) is 11.6 Å². The molecule has 1 aliphatic carbocycles. The van der Waals surface area contributed by atoms with E-state index in [-0.39, 0.29) is 6.61 Å².